The van der Waals surface area contributed by atoms with E-state index in [-0.39, 0.29) is 25.0 Å². The number of nitrogens with one attached hydrogen (secondary N) is 1. The lowest BCUT2D eigenvalue weighted by Crippen LogP contribution is -2.27. The second-order valence-corrected chi connectivity index (χ2v) is 5.17. The molecule has 2 rings (SSSR count). The maximum atomic E-state index is 11.8. The highest BCUT2D eigenvalue weighted by Crippen LogP contribution is 2.23. The summed E-state index contributed by atoms with van der Waals surface area (Å²) in [5, 5.41) is 3.40. The van der Waals surface area contributed by atoms with Crippen LogP contribution in [0.25, 0.3) is 0 Å². The Bertz CT molecular complexity index is 609. The summed E-state index contributed by atoms with van der Waals surface area (Å²) in [5.41, 5.74) is 0. The van der Waals surface area contributed by atoms with Gasteiger partial charge in [-0.2, -0.15) is 0 Å². The van der Waals surface area contributed by atoms with Crippen molar-refractivity contribution in [2.24, 2.45) is 0 Å². The van der Waals surface area contributed by atoms with Crippen LogP contribution < -0.4 is 10.1 Å². The molecular formula is C16H18ClNO3. The molecule has 0 bridgehead atoms. The Kier molecular flexibility index (Phi) is 5.28. The summed E-state index contributed by atoms with van der Waals surface area (Å²) < 4.78 is 11.0. The SMILES string of the molecule is Cc1ccc([C@@H](C)NC(=O)CCOc2ccccc2Cl)o1. The molecule has 0 aliphatic rings. The number of benzene rings is 1. The number of carbonyl (C=O) groups excluding carboxylic acids is 1. The van der Waals surface area contributed by atoms with Gasteiger partial charge in [-0.3, -0.25) is 4.79 Å². The van der Waals surface area contributed by atoms with Crippen LogP contribution in [-0.4, -0.2) is 12.5 Å². The number of furan rings is 1. The minimum atomic E-state index is -0.161. The summed E-state index contributed by atoms with van der Waals surface area (Å²) in [6.07, 6.45) is 0.259. The maximum absolute atomic E-state index is 11.8. The molecule has 4 nitrogen and oxygen atoms in total. The maximum Gasteiger partial charge on any atom is 0.224 e. The van der Waals surface area contributed by atoms with Crippen molar-refractivity contribution >= 4 is 17.5 Å². The molecule has 2 aromatic rings. The van der Waals surface area contributed by atoms with Crippen LogP contribution in [0.5, 0.6) is 5.75 Å². The molecule has 0 aliphatic heterocycles. The number of para-hydroxylation sites is 1. The summed E-state index contributed by atoms with van der Waals surface area (Å²) in [4.78, 5) is 11.8. The topological polar surface area (TPSA) is 51.5 Å². The summed E-state index contributed by atoms with van der Waals surface area (Å²) >= 11 is 5.97. The van der Waals surface area contributed by atoms with Gasteiger partial charge in [-0.15, -0.1) is 0 Å². The predicted octanol–water partition coefficient (Wildman–Crippen LogP) is 3.89. The molecule has 0 unspecified atom stereocenters. The molecule has 0 fully saturated rings. The summed E-state index contributed by atoms with van der Waals surface area (Å²) in [6, 6.07) is 10.8. The third-order valence-corrected chi connectivity index (χ3v) is 3.30. The molecule has 112 valence electrons. The van der Waals surface area contributed by atoms with Crippen LogP contribution in [0.1, 0.15) is 30.9 Å². The van der Waals surface area contributed by atoms with Gasteiger partial charge in [0.25, 0.3) is 0 Å². The summed E-state index contributed by atoms with van der Waals surface area (Å²) in [6.45, 7) is 4.03. The van der Waals surface area contributed by atoms with Crippen LogP contribution >= 0.6 is 11.6 Å². The van der Waals surface area contributed by atoms with E-state index >= 15 is 0 Å². The fourth-order valence-electron chi connectivity index (χ4n) is 1.89. The van der Waals surface area contributed by atoms with E-state index in [2.05, 4.69) is 5.32 Å². The van der Waals surface area contributed by atoms with Gasteiger partial charge in [0.15, 0.2) is 0 Å². The third-order valence-electron chi connectivity index (χ3n) is 2.99. The van der Waals surface area contributed by atoms with E-state index in [0.29, 0.717) is 10.8 Å². The lowest BCUT2D eigenvalue weighted by Gasteiger charge is -2.12. The van der Waals surface area contributed by atoms with Gasteiger partial charge in [0.2, 0.25) is 5.91 Å². The smallest absolute Gasteiger partial charge is 0.224 e. The van der Waals surface area contributed by atoms with Crippen molar-refractivity contribution in [1.29, 1.82) is 0 Å². The highest BCUT2D eigenvalue weighted by molar-refractivity contribution is 6.32. The first kappa shape index (κ1) is 15.4. The fourth-order valence-corrected chi connectivity index (χ4v) is 2.08. The normalized spacial score (nSPS) is 12.0. The van der Waals surface area contributed by atoms with Gasteiger partial charge >= 0.3 is 0 Å². The monoisotopic (exact) mass is 307 g/mol. The second-order valence-electron chi connectivity index (χ2n) is 4.77. The van der Waals surface area contributed by atoms with Crippen LogP contribution in [-0.2, 0) is 4.79 Å². The number of rotatable bonds is 6. The number of ether oxygens (including phenoxy) is 1. The van der Waals surface area contributed by atoms with Gasteiger partial charge in [0.05, 0.1) is 24.1 Å². The molecule has 0 saturated carbocycles. The number of hydrogen-bond donors (Lipinski definition) is 1. The zero-order chi connectivity index (χ0) is 15.2. The number of amides is 1. The van der Waals surface area contributed by atoms with Crippen molar-refractivity contribution in [1.82, 2.24) is 5.32 Å². The molecule has 1 atom stereocenters. The Balaban J connectivity index is 1.76. The lowest BCUT2D eigenvalue weighted by molar-refractivity contribution is -0.122. The Labute approximate surface area is 129 Å². The molecule has 1 aromatic carbocycles. The quantitative estimate of drug-likeness (QED) is 0.881. The van der Waals surface area contributed by atoms with Crippen molar-refractivity contribution in [3.05, 3.63) is 52.9 Å². The zero-order valence-electron chi connectivity index (χ0n) is 12.1. The molecule has 1 heterocycles. The molecule has 5 heteroatoms. The van der Waals surface area contributed by atoms with Crippen LogP contribution in [0, 0.1) is 6.92 Å². The zero-order valence-corrected chi connectivity index (χ0v) is 12.8. The van der Waals surface area contributed by atoms with Gasteiger partial charge in [-0.05, 0) is 38.1 Å². The van der Waals surface area contributed by atoms with Gasteiger partial charge in [-0.25, -0.2) is 0 Å². The van der Waals surface area contributed by atoms with Gasteiger partial charge in [-0.1, -0.05) is 23.7 Å². The van der Waals surface area contributed by atoms with E-state index in [9.17, 15) is 4.79 Å². The summed E-state index contributed by atoms with van der Waals surface area (Å²) in [7, 11) is 0. The average molecular weight is 308 g/mol. The molecule has 1 N–H and O–H groups in total. The Morgan fingerprint density at radius 1 is 1.33 bits per heavy atom. The van der Waals surface area contributed by atoms with Crippen LogP contribution in [0.3, 0.4) is 0 Å². The molecule has 21 heavy (non-hydrogen) atoms. The van der Waals surface area contributed by atoms with Crippen molar-refractivity contribution < 1.29 is 13.9 Å². The highest BCUT2D eigenvalue weighted by atomic mass is 35.5. The number of hydrogen-bond acceptors (Lipinski definition) is 3. The largest absolute Gasteiger partial charge is 0.491 e. The fraction of sp³-hybridized carbons (Fsp3) is 0.312. The number of aryl methyl sites for hydroxylation is 1. The van der Waals surface area contributed by atoms with Crippen LogP contribution in [0.4, 0.5) is 0 Å². The van der Waals surface area contributed by atoms with E-state index < -0.39 is 0 Å². The molecule has 0 radical (unpaired) electrons. The number of carbonyl (C=O) groups is 1. The van der Waals surface area contributed by atoms with Crippen LogP contribution in [0.2, 0.25) is 5.02 Å². The van der Waals surface area contributed by atoms with Gasteiger partial charge in [0, 0.05) is 0 Å². The third kappa shape index (κ3) is 4.53. The standard InChI is InChI=1S/C16H18ClNO3/c1-11-7-8-14(21-11)12(2)18-16(19)9-10-20-15-6-4-3-5-13(15)17/h3-8,12H,9-10H2,1-2H3,(H,18,19)/t12-/m1/s1. The highest BCUT2D eigenvalue weighted by Gasteiger charge is 2.12. The molecule has 1 aromatic heterocycles. The first-order chi connectivity index (χ1) is 10.1. The van der Waals surface area contributed by atoms with E-state index in [0.717, 1.165) is 11.5 Å². The second kappa shape index (κ2) is 7.18. The van der Waals surface area contributed by atoms with Gasteiger partial charge < -0.3 is 14.5 Å². The van der Waals surface area contributed by atoms with Crippen molar-refractivity contribution in [2.45, 2.75) is 26.3 Å². The molecular weight excluding hydrogens is 290 g/mol. The Morgan fingerprint density at radius 2 is 2.10 bits per heavy atom. The van der Waals surface area contributed by atoms with E-state index in [1.165, 1.54) is 0 Å². The van der Waals surface area contributed by atoms with E-state index in [1.807, 2.05) is 38.1 Å². The Hall–Kier alpha value is -1.94. The van der Waals surface area contributed by atoms with Crippen LogP contribution in [0.15, 0.2) is 40.8 Å². The van der Waals surface area contributed by atoms with E-state index in [1.54, 1.807) is 12.1 Å². The molecule has 0 aliphatic carbocycles. The predicted molar refractivity (Wildman–Crippen MR) is 81.6 cm³/mol. The average Bonchev–Trinajstić information content (AvgIpc) is 2.88. The lowest BCUT2D eigenvalue weighted by atomic mass is 10.2. The first-order valence-corrected chi connectivity index (χ1v) is 7.17. The van der Waals surface area contributed by atoms with Crippen molar-refractivity contribution in [3.63, 3.8) is 0 Å². The molecule has 0 saturated heterocycles. The Morgan fingerprint density at radius 3 is 2.76 bits per heavy atom. The molecule has 0 spiro atoms. The van der Waals surface area contributed by atoms with E-state index in [4.69, 9.17) is 20.8 Å². The minimum Gasteiger partial charge on any atom is -0.491 e. The van der Waals surface area contributed by atoms with Crippen molar-refractivity contribution in [2.75, 3.05) is 6.61 Å². The molecule has 1 amide bonds. The van der Waals surface area contributed by atoms with Gasteiger partial charge in [0.1, 0.15) is 17.3 Å². The first-order valence-electron chi connectivity index (χ1n) is 6.79. The van der Waals surface area contributed by atoms with Crippen molar-refractivity contribution in [3.8, 4) is 5.75 Å². The minimum absolute atomic E-state index is 0.0939. The summed E-state index contributed by atoms with van der Waals surface area (Å²) in [5.74, 6) is 2.06. The number of halogens is 1.